The van der Waals surface area contributed by atoms with Gasteiger partial charge in [-0.05, 0) is 56.2 Å². The van der Waals surface area contributed by atoms with Crippen LogP contribution in [0, 0.1) is 5.82 Å². The number of thioether (sulfide) groups is 1. The molecule has 0 aromatic heterocycles. The third-order valence-corrected chi connectivity index (χ3v) is 5.48. The van der Waals surface area contributed by atoms with Crippen LogP contribution in [-0.2, 0) is 21.9 Å². The molecule has 0 aliphatic carbocycles. The number of halogens is 1. The summed E-state index contributed by atoms with van der Waals surface area (Å²) in [5.74, 6) is 0.909. The molecule has 0 spiro atoms. The Bertz CT molecular complexity index is 843. The van der Waals surface area contributed by atoms with E-state index in [9.17, 15) is 14.0 Å². The van der Waals surface area contributed by atoms with E-state index in [2.05, 4.69) is 5.32 Å². The van der Waals surface area contributed by atoms with Crippen LogP contribution in [0.2, 0.25) is 0 Å². The van der Waals surface area contributed by atoms with Gasteiger partial charge in [-0.25, -0.2) is 4.39 Å². The number of ether oxygens (including phenoxy) is 1. The van der Waals surface area contributed by atoms with Crippen molar-refractivity contribution in [3.05, 3.63) is 65.5 Å². The molecule has 162 valence electrons. The SMILES string of the molecule is COc1cccc(CN(C(=O)CSCc2ccc(F)cc2)[C@@H](C)C(=O)NC(C)C)c1. The summed E-state index contributed by atoms with van der Waals surface area (Å²) in [5.41, 5.74) is 1.83. The first kappa shape index (κ1) is 23.7. The Hall–Kier alpha value is -2.54. The number of carbonyl (C=O) groups excluding carboxylic acids is 2. The van der Waals surface area contributed by atoms with Crippen LogP contribution in [0.1, 0.15) is 31.9 Å². The van der Waals surface area contributed by atoms with Gasteiger partial charge in [-0.1, -0.05) is 24.3 Å². The van der Waals surface area contributed by atoms with E-state index >= 15 is 0 Å². The number of methoxy groups -OCH3 is 1. The maximum absolute atomic E-state index is 13.0. The Morgan fingerprint density at radius 1 is 1.10 bits per heavy atom. The Balaban J connectivity index is 2.08. The fourth-order valence-electron chi connectivity index (χ4n) is 2.87. The zero-order valence-corrected chi connectivity index (χ0v) is 18.7. The van der Waals surface area contributed by atoms with Crippen LogP contribution in [-0.4, -0.2) is 41.7 Å². The van der Waals surface area contributed by atoms with Crippen molar-refractivity contribution in [1.29, 1.82) is 0 Å². The molecule has 30 heavy (non-hydrogen) atoms. The minimum atomic E-state index is -0.613. The average molecular weight is 433 g/mol. The van der Waals surface area contributed by atoms with Crippen molar-refractivity contribution in [2.45, 2.75) is 45.2 Å². The van der Waals surface area contributed by atoms with Gasteiger partial charge in [0.2, 0.25) is 11.8 Å². The number of benzene rings is 2. The van der Waals surface area contributed by atoms with Gasteiger partial charge < -0.3 is 15.0 Å². The molecule has 0 radical (unpaired) electrons. The molecule has 2 aromatic carbocycles. The van der Waals surface area contributed by atoms with Gasteiger partial charge in [0.15, 0.2) is 0 Å². The maximum Gasteiger partial charge on any atom is 0.242 e. The van der Waals surface area contributed by atoms with Crippen LogP contribution in [0.15, 0.2) is 48.5 Å². The van der Waals surface area contributed by atoms with Crippen molar-refractivity contribution in [3.63, 3.8) is 0 Å². The van der Waals surface area contributed by atoms with E-state index in [1.165, 1.54) is 23.9 Å². The fourth-order valence-corrected chi connectivity index (χ4v) is 3.75. The molecule has 7 heteroatoms. The minimum Gasteiger partial charge on any atom is -0.497 e. The highest BCUT2D eigenvalue weighted by molar-refractivity contribution is 7.99. The Morgan fingerprint density at radius 3 is 2.43 bits per heavy atom. The number of nitrogens with one attached hydrogen (secondary N) is 1. The molecule has 0 aliphatic heterocycles. The van der Waals surface area contributed by atoms with Gasteiger partial charge in [-0.15, -0.1) is 11.8 Å². The molecule has 2 aromatic rings. The molecule has 0 aliphatic rings. The monoisotopic (exact) mass is 432 g/mol. The third-order valence-electron chi connectivity index (χ3n) is 4.49. The van der Waals surface area contributed by atoms with Crippen LogP contribution >= 0.6 is 11.8 Å². The molecule has 0 saturated carbocycles. The lowest BCUT2D eigenvalue weighted by molar-refractivity contribution is -0.138. The number of nitrogens with zero attached hydrogens (tertiary/aromatic N) is 1. The van der Waals surface area contributed by atoms with Crippen LogP contribution in [0.4, 0.5) is 4.39 Å². The van der Waals surface area contributed by atoms with E-state index in [1.54, 1.807) is 31.1 Å². The number of rotatable bonds is 10. The van der Waals surface area contributed by atoms with Gasteiger partial charge in [0.1, 0.15) is 17.6 Å². The smallest absolute Gasteiger partial charge is 0.242 e. The number of amides is 2. The molecule has 2 amide bonds. The van der Waals surface area contributed by atoms with Crippen molar-refractivity contribution < 1.29 is 18.7 Å². The van der Waals surface area contributed by atoms with Crippen LogP contribution in [0.3, 0.4) is 0 Å². The predicted molar refractivity (Wildman–Crippen MR) is 119 cm³/mol. The maximum atomic E-state index is 13.0. The van der Waals surface area contributed by atoms with Crippen molar-refractivity contribution in [3.8, 4) is 5.75 Å². The summed E-state index contributed by atoms with van der Waals surface area (Å²) < 4.78 is 18.3. The highest BCUT2D eigenvalue weighted by Gasteiger charge is 2.26. The Labute approximate surface area is 182 Å². The molecule has 0 heterocycles. The lowest BCUT2D eigenvalue weighted by Crippen LogP contribution is -2.49. The zero-order chi connectivity index (χ0) is 22.1. The van der Waals surface area contributed by atoms with E-state index in [1.807, 2.05) is 38.1 Å². The topological polar surface area (TPSA) is 58.6 Å². The first-order valence-corrected chi connectivity index (χ1v) is 11.0. The fraction of sp³-hybridized carbons (Fsp3) is 0.391. The molecule has 1 atom stereocenters. The first-order chi connectivity index (χ1) is 14.3. The molecule has 0 saturated heterocycles. The minimum absolute atomic E-state index is 0.0124. The number of hydrogen-bond donors (Lipinski definition) is 1. The van der Waals surface area contributed by atoms with Gasteiger partial charge in [0, 0.05) is 18.3 Å². The number of hydrogen-bond acceptors (Lipinski definition) is 4. The van der Waals surface area contributed by atoms with E-state index in [4.69, 9.17) is 4.74 Å². The van der Waals surface area contributed by atoms with Crippen molar-refractivity contribution in [1.82, 2.24) is 10.2 Å². The summed E-state index contributed by atoms with van der Waals surface area (Å²) in [4.78, 5) is 27.2. The van der Waals surface area contributed by atoms with Gasteiger partial charge in [-0.2, -0.15) is 0 Å². The third kappa shape index (κ3) is 7.37. The predicted octanol–water partition coefficient (Wildman–Crippen LogP) is 4.01. The molecule has 0 bridgehead atoms. The van der Waals surface area contributed by atoms with E-state index in [-0.39, 0.29) is 29.4 Å². The molecular formula is C23H29FN2O3S. The number of carbonyl (C=O) groups is 2. The molecular weight excluding hydrogens is 403 g/mol. The zero-order valence-electron chi connectivity index (χ0n) is 17.9. The van der Waals surface area contributed by atoms with E-state index < -0.39 is 6.04 Å². The summed E-state index contributed by atoms with van der Waals surface area (Å²) in [7, 11) is 1.59. The molecule has 5 nitrogen and oxygen atoms in total. The molecule has 2 rings (SSSR count). The Kier molecular flexibility index (Phi) is 9.17. The molecule has 0 fully saturated rings. The standard InChI is InChI=1S/C23H29FN2O3S/c1-16(2)25-23(28)17(3)26(13-19-6-5-7-21(12-19)29-4)22(27)15-30-14-18-8-10-20(24)11-9-18/h5-12,16-17H,13-15H2,1-4H3,(H,25,28)/t17-/m0/s1. The van der Waals surface area contributed by atoms with Crippen molar-refractivity contribution in [2.75, 3.05) is 12.9 Å². The van der Waals surface area contributed by atoms with E-state index in [0.29, 0.717) is 18.0 Å². The second-order valence-corrected chi connectivity index (χ2v) is 8.32. The summed E-state index contributed by atoms with van der Waals surface area (Å²) in [6, 6.07) is 13.1. The summed E-state index contributed by atoms with van der Waals surface area (Å²) in [6.07, 6.45) is 0. The van der Waals surface area contributed by atoms with Crippen molar-refractivity contribution in [2.24, 2.45) is 0 Å². The quantitative estimate of drug-likeness (QED) is 0.616. The van der Waals surface area contributed by atoms with E-state index in [0.717, 1.165) is 11.1 Å². The van der Waals surface area contributed by atoms with Crippen LogP contribution < -0.4 is 10.1 Å². The van der Waals surface area contributed by atoms with Gasteiger partial charge >= 0.3 is 0 Å². The lowest BCUT2D eigenvalue weighted by Gasteiger charge is -2.29. The van der Waals surface area contributed by atoms with Gasteiger partial charge in [0.25, 0.3) is 0 Å². The van der Waals surface area contributed by atoms with Crippen LogP contribution in [0.25, 0.3) is 0 Å². The summed E-state index contributed by atoms with van der Waals surface area (Å²) in [5, 5.41) is 2.87. The van der Waals surface area contributed by atoms with Crippen LogP contribution in [0.5, 0.6) is 5.75 Å². The average Bonchev–Trinajstić information content (AvgIpc) is 2.72. The first-order valence-electron chi connectivity index (χ1n) is 9.85. The summed E-state index contributed by atoms with van der Waals surface area (Å²) >= 11 is 1.44. The van der Waals surface area contributed by atoms with Crippen molar-refractivity contribution >= 4 is 23.6 Å². The second kappa shape index (κ2) is 11.6. The van der Waals surface area contributed by atoms with Gasteiger partial charge in [-0.3, -0.25) is 9.59 Å². The Morgan fingerprint density at radius 2 is 1.80 bits per heavy atom. The second-order valence-electron chi connectivity index (χ2n) is 7.33. The molecule has 1 N–H and O–H groups in total. The summed E-state index contributed by atoms with van der Waals surface area (Å²) in [6.45, 7) is 5.81. The largest absolute Gasteiger partial charge is 0.497 e. The van der Waals surface area contributed by atoms with Gasteiger partial charge in [0.05, 0.1) is 12.9 Å². The lowest BCUT2D eigenvalue weighted by atomic mass is 10.1. The molecule has 0 unspecified atom stereocenters. The highest BCUT2D eigenvalue weighted by atomic mass is 32.2. The highest BCUT2D eigenvalue weighted by Crippen LogP contribution is 2.19. The normalized spacial score (nSPS) is 11.8.